The van der Waals surface area contributed by atoms with E-state index < -0.39 is 39.0 Å². The lowest BCUT2D eigenvalue weighted by Crippen LogP contribution is -2.41. The molecule has 2 aliphatic heterocycles. The van der Waals surface area contributed by atoms with Gasteiger partial charge in [-0.3, -0.25) is 19.2 Å². The molecule has 398 valence electrons. The first kappa shape index (κ1) is 63.6. The Labute approximate surface area is 415 Å². The average Bonchev–Trinajstić information content (AvgIpc) is 4.07. The molecule has 1 saturated carbocycles. The molecule has 1 aliphatic carbocycles. The largest absolute Gasteiger partial charge is 0.444 e. The van der Waals surface area contributed by atoms with Gasteiger partial charge < -0.3 is 49.2 Å². The van der Waals surface area contributed by atoms with Gasteiger partial charge >= 0.3 is 12.2 Å². The lowest BCUT2D eigenvalue weighted by molar-refractivity contribution is -0.122. The molecule has 4 N–H and O–H groups in total. The van der Waals surface area contributed by atoms with E-state index in [2.05, 4.69) is 56.0 Å². The molecule has 19 heteroatoms. The number of β-amino-alcohol motifs (C(OH)–C–C–N with tert-alkyl or cyclic N) is 1. The summed E-state index contributed by atoms with van der Waals surface area (Å²) in [4.78, 5) is 75.4. The summed E-state index contributed by atoms with van der Waals surface area (Å²) in [6, 6.07) is 2.39. The SMILES string of the molecule is CCC(=O)CCC(CNC(=O)CC)OC(=O)N1C[C@H](O)C[C@H]1CC.CCC(=O)CCC(CNC(=O)CC)OC(=O)N1C[C@H](OP(OCCC#N)N(C(C)C)C(C)C)C[C@H]1CC.CC[C@H]1CC[C@H](O)C1. The summed E-state index contributed by atoms with van der Waals surface area (Å²) in [7, 11) is -1.42. The van der Waals surface area contributed by atoms with Gasteiger partial charge in [0.2, 0.25) is 11.8 Å². The lowest BCUT2D eigenvalue weighted by atomic mass is 10.1. The van der Waals surface area contributed by atoms with Crippen molar-refractivity contribution in [3.8, 4) is 6.07 Å². The molecule has 2 saturated heterocycles. The smallest absolute Gasteiger partial charge is 0.410 e. The van der Waals surface area contributed by atoms with E-state index in [9.17, 15) is 33.9 Å². The summed E-state index contributed by atoms with van der Waals surface area (Å²) < 4.78 is 26.0. The minimum absolute atomic E-state index is 0.0277. The van der Waals surface area contributed by atoms with Crippen molar-refractivity contribution < 1.29 is 57.5 Å². The second-order valence-corrected chi connectivity index (χ2v) is 20.2. The minimum atomic E-state index is -1.42. The zero-order valence-corrected chi connectivity index (χ0v) is 44.9. The first-order valence-electron chi connectivity index (χ1n) is 25.9. The van der Waals surface area contributed by atoms with E-state index in [0.29, 0.717) is 70.8 Å². The molecular weight excluding hydrogens is 908 g/mol. The lowest BCUT2D eigenvalue weighted by Gasteiger charge is -2.36. The summed E-state index contributed by atoms with van der Waals surface area (Å²) in [6.45, 7) is 22.9. The fourth-order valence-corrected chi connectivity index (χ4v) is 10.1. The zero-order chi connectivity index (χ0) is 52.1. The van der Waals surface area contributed by atoms with E-state index in [1.54, 1.807) is 37.5 Å². The van der Waals surface area contributed by atoms with Gasteiger partial charge in [0.05, 0.1) is 63.6 Å². The minimum Gasteiger partial charge on any atom is -0.444 e. The normalized spacial score (nSPS) is 22.2. The molecule has 0 spiro atoms. The summed E-state index contributed by atoms with van der Waals surface area (Å²) in [6.07, 6.45) is 7.67. The average molecular weight is 999 g/mol. The number of ketones is 2. The maximum absolute atomic E-state index is 13.2. The third-order valence-corrected chi connectivity index (χ3v) is 14.9. The number of nitrogens with one attached hydrogen (secondary N) is 2. The number of hydrogen-bond donors (Lipinski definition) is 4. The van der Waals surface area contributed by atoms with Gasteiger partial charge in [0.1, 0.15) is 23.8 Å². The van der Waals surface area contributed by atoms with Crippen molar-refractivity contribution in [3.63, 3.8) is 0 Å². The number of Topliss-reactive ketones (excluding diaryl/α,β-unsaturated/α-hetero) is 2. The Kier molecular flexibility index (Phi) is 32.8. The van der Waals surface area contributed by atoms with Crippen molar-refractivity contribution >= 4 is 44.1 Å². The van der Waals surface area contributed by atoms with Crippen molar-refractivity contribution in [1.82, 2.24) is 25.1 Å². The highest BCUT2D eigenvalue weighted by molar-refractivity contribution is 7.44. The van der Waals surface area contributed by atoms with Crippen molar-refractivity contribution in [2.75, 3.05) is 32.8 Å². The molecule has 3 unspecified atom stereocenters. The number of carbonyl (C=O) groups is 6. The number of aliphatic hydroxyl groups excluding tert-OH is 2. The van der Waals surface area contributed by atoms with Gasteiger partial charge in [0.25, 0.3) is 8.53 Å². The Morgan fingerprint density at radius 2 is 1.17 bits per heavy atom. The number of nitrogens with zero attached hydrogens (tertiary/aromatic N) is 4. The molecule has 3 fully saturated rings. The van der Waals surface area contributed by atoms with Crippen LogP contribution in [0, 0.1) is 17.2 Å². The third-order valence-electron chi connectivity index (χ3n) is 12.7. The molecule has 9 atom stereocenters. The number of nitriles is 1. The number of hydrogen-bond acceptors (Lipinski definition) is 14. The Morgan fingerprint density at radius 3 is 1.57 bits per heavy atom. The van der Waals surface area contributed by atoms with E-state index in [1.807, 2.05) is 13.8 Å². The molecule has 69 heavy (non-hydrogen) atoms. The first-order valence-corrected chi connectivity index (χ1v) is 27.1. The molecular formula is C50H91N6O12P. The molecule has 4 amide bonds. The number of aliphatic hydroxyl groups is 2. The third kappa shape index (κ3) is 25.0. The summed E-state index contributed by atoms with van der Waals surface area (Å²) in [5.41, 5.74) is 0. The van der Waals surface area contributed by atoms with E-state index in [0.717, 1.165) is 31.6 Å². The standard InChI is InChI=1S/C26H47N4O6P.C17H30N2O5.C7H14O/c1-8-21-16-24(36-37(34-15-11-14-27)30(19(4)5)20(6)7)18-29(21)26(33)35-23(13-12-22(31)9-2)17-28-25(32)10-3;1-4-12-9-14(21)11-19(12)17(23)24-15(8-7-13(20)5-2)10-18-16(22)6-3;1-2-6-3-4-7(8)5-6/h19-21,23-24H,8-13,15-18H2,1-7H3,(H,28,32);12,14-15,21H,4-11H2,1-3H3,(H,18,22);6-8H,2-5H2,1H3/t21-,23?,24-,37?;12-,14-,15?;6-,7-/m110/s1. The fourth-order valence-electron chi connectivity index (χ4n) is 8.43. The van der Waals surface area contributed by atoms with Crippen LogP contribution in [-0.2, 0) is 37.7 Å². The maximum atomic E-state index is 13.2. The fraction of sp³-hybridized carbons (Fsp3) is 0.860. The Hall–Kier alpha value is -3.46. The van der Waals surface area contributed by atoms with E-state index in [-0.39, 0.29) is 92.4 Å². The van der Waals surface area contributed by atoms with E-state index in [4.69, 9.17) is 28.9 Å². The Balaban J connectivity index is 0.000000628. The van der Waals surface area contributed by atoms with Crippen LogP contribution in [0.3, 0.4) is 0 Å². The van der Waals surface area contributed by atoms with Crippen molar-refractivity contribution in [1.29, 1.82) is 5.26 Å². The van der Waals surface area contributed by atoms with E-state index in [1.165, 1.54) is 12.8 Å². The van der Waals surface area contributed by atoms with Gasteiger partial charge in [0.15, 0.2) is 0 Å². The molecule has 18 nitrogen and oxygen atoms in total. The second kappa shape index (κ2) is 35.6. The number of ether oxygens (including phenoxy) is 2. The summed E-state index contributed by atoms with van der Waals surface area (Å²) in [5.74, 6) is 0.758. The van der Waals surface area contributed by atoms with Gasteiger partial charge in [-0.1, -0.05) is 54.9 Å². The van der Waals surface area contributed by atoms with Crippen LogP contribution in [-0.4, -0.2) is 148 Å². The molecule has 0 radical (unpaired) electrons. The first-order chi connectivity index (χ1) is 32.8. The summed E-state index contributed by atoms with van der Waals surface area (Å²) >= 11 is 0. The van der Waals surface area contributed by atoms with Gasteiger partial charge in [-0.25, -0.2) is 14.3 Å². The van der Waals surface area contributed by atoms with Crippen molar-refractivity contribution in [3.05, 3.63) is 0 Å². The number of carbonyl (C=O) groups excluding carboxylic acids is 6. The van der Waals surface area contributed by atoms with Crippen LogP contribution >= 0.6 is 8.53 Å². The molecule has 0 aromatic rings. The van der Waals surface area contributed by atoms with Crippen molar-refractivity contribution in [2.45, 2.75) is 240 Å². The molecule has 0 bridgehead atoms. The highest BCUT2D eigenvalue weighted by Gasteiger charge is 2.40. The van der Waals surface area contributed by atoms with Crippen LogP contribution < -0.4 is 10.6 Å². The Bertz CT molecular complexity index is 1520. The predicted octanol–water partition coefficient (Wildman–Crippen LogP) is 8.10. The quantitative estimate of drug-likeness (QED) is 0.0450. The molecule has 3 aliphatic rings. The number of rotatable bonds is 27. The van der Waals surface area contributed by atoms with Gasteiger partial charge in [0, 0.05) is 62.7 Å². The van der Waals surface area contributed by atoms with Crippen LogP contribution in [0.4, 0.5) is 9.59 Å². The van der Waals surface area contributed by atoms with Gasteiger partial charge in [-0.2, -0.15) is 5.26 Å². The number of likely N-dealkylation sites (tertiary alicyclic amines) is 2. The molecule has 0 aromatic heterocycles. The highest BCUT2D eigenvalue weighted by atomic mass is 31.2. The van der Waals surface area contributed by atoms with Crippen LogP contribution in [0.25, 0.3) is 0 Å². The Morgan fingerprint density at radius 1 is 0.681 bits per heavy atom. The zero-order valence-electron chi connectivity index (χ0n) is 44.0. The number of amides is 4. The van der Waals surface area contributed by atoms with Gasteiger partial charge in [-0.15, -0.1) is 0 Å². The van der Waals surface area contributed by atoms with E-state index >= 15 is 0 Å². The predicted molar refractivity (Wildman–Crippen MR) is 267 cm³/mol. The molecule has 2 heterocycles. The monoisotopic (exact) mass is 999 g/mol. The van der Waals surface area contributed by atoms with Crippen LogP contribution in [0.2, 0.25) is 0 Å². The van der Waals surface area contributed by atoms with Crippen LogP contribution in [0.15, 0.2) is 0 Å². The maximum Gasteiger partial charge on any atom is 0.410 e. The summed E-state index contributed by atoms with van der Waals surface area (Å²) in [5, 5.41) is 33.2. The molecule has 0 aromatic carbocycles. The second-order valence-electron chi connectivity index (χ2n) is 18.8. The van der Waals surface area contributed by atoms with Gasteiger partial charge in [-0.05, 0) is 91.4 Å². The van der Waals surface area contributed by atoms with Crippen LogP contribution in [0.1, 0.15) is 185 Å². The molecule has 3 rings (SSSR count). The van der Waals surface area contributed by atoms with Crippen LogP contribution in [0.5, 0.6) is 0 Å². The van der Waals surface area contributed by atoms with Crippen molar-refractivity contribution in [2.24, 2.45) is 5.92 Å². The topological polar surface area (TPSA) is 237 Å². The highest BCUT2D eigenvalue weighted by Crippen LogP contribution is 2.48.